The van der Waals surface area contributed by atoms with Gasteiger partial charge in [-0.25, -0.2) is 0 Å². The van der Waals surface area contributed by atoms with Gasteiger partial charge in [0, 0.05) is 24.5 Å². The number of carbonyl (C=O) groups excluding carboxylic acids is 2. The lowest BCUT2D eigenvalue weighted by atomic mass is 10.00. The Labute approximate surface area is 198 Å². The van der Waals surface area contributed by atoms with Gasteiger partial charge in [-0.1, -0.05) is 88.7 Å². The summed E-state index contributed by atoms with van der Waals surface area (Å²) >= 11 is 6.38. The summed E-state index contributed by atoms with van der Waals surface area (Å²) in [6, 6.07) is 15.4. The molecule has 0 aliphatic heterocycles. The van der Waals surface area contributed by atoms with Crippen molar-refractivity contribution in [2.75, 3.05) is 6.54 Å². The number of amides is 2. The number of nitrogens with one attached hydrogen (secondary N) is 1. The smallest absolute Gasteiger partial charge is 0.242 e. The van der Waals surface area contributed by atoms with Crippen molar-refractivity contribution in [2.45, 2.75) is 72.4 Å². The Bertz CT molecular complexity index is 877. The molecule has 0 fully saturated rings. The quantitative estimate of drug-likeness (QED) is 0.452. The van der Waals surface area contributed by atoms with Gasteiger partial charge in [-0.2, -0.15) is 0 Å². The molecule has 2 aromatic rings. The first-order chi connectivity index (χ1) is 15.2. The van der Waals surface area contributed by atoms with Crippen molar-refractivity contribution in [3.63, 3.8) is 0 Å². The van der Waals surface area contributed by atoms with Crippen LogP contribution in [0.15, 0.2) is 48.5 Å². The molecule has 174 valence electrons. The molecule has 1 atom stereocenters. The number of carbonyl (C=O) groups is 2. The number of halogens is 1. The van der Waals surface area contributed by atoms with Crippen LogP contribution in [0, 0.1) is 5.92 Å². The van der Waals surface area contributed by atoms with Crippen LogP contribution in [0.2, 0.25) is 5.02 Å². The minimum atomic E-state index is -0.527. The van der Waals surface area contributed by atoms with Crippen molar-refractivity contribution in [1.82, 2.24) is 10.2 Å². The number of nitrogens with zero attached hydrogens (tertiary/aromatic N) is 1. The van der Waals surface area contributed by atoms with Crippen molar-refractivity contribution in [3.8, 4) is 0 Å². The van der Waals surface area contributed by atoms with Gasteiger partial charge in [0.15, 0.2) is 0 Å². The first-order valence-electron chi connectivity index (χ1n) is 11.6. The van der Waals surface area contributed by atoms with Gasteiger partial charge in [-0.3, -0.25) is 9.59 Å². The Balaban J connectivity index is 2.18. The number of benzene rings is 2. The van der Waals surface area contributed by atoms with E-state index >= 15 is 0 Å². The third-order valence-electron chi connectivity index (χ3n) is 5.64. The monoisotopic (exact) mass is 456 g/mol. The molecule has 0 bridgehead atoms. The highest BCUT2D eigenvalue weighted by Crippen LogP contribution is 2.21. The molecule has 2 rings (SSSR count). The Morgan fingerprint density at radius 2 is 1.66 bits per heavy atom. The van der Waals surface area contributed by atoms with Crippen LogP contribution >= 0.6 is 11.6 Å². The molecule has 5 heteroatoms. The van der Waals surface area contributed by atoms with E-state index in [1.54, 1.807) is 4.90 Å². The van der Waals surface area contributed by atoms with Crippen molar-refractivity contribution in [2.24, 2.45) is 5.92 Å². The molecule has 0 heterocycles. The molecule has 32 heavy (non-hydrogen) atoms. The van der Waals surface area contributed by atoms with E-state index in [9.17, 15) is 9.59 Å². The maximum atomic E-state index is 13.4. The van der Waals surface area contributed by atoms with Crippen LogP contribution < -0.4 is 5.32 Å². The highest BCUT2D eigenvalue weighted by molar-refractivity contribution is 6.31. The SMILES string of the molecule is CC[C@H](C(=O)NCC(C)C)N(Cc1ccccc1Cl)C(=O)CCc1ccc(C(C)C)cc1. The minimum Gasteiger partial charge on any atom is -0.354 e. The van der Waals surface area contributed by atoms with Gasteiger partial charge in [-0.15, -0.1) is 0 Å². The second-order valence-electron chi connectivity index (χ2n) is 9.07. The topological polar surface area (TPSA) is 49.4 Å². The highest BCUT2D eigenvalue weighted by atomic mass is 35.5. The molecule has 0 aromatic heterocycles. The van der Waals surface area contributed by atoms with E-state index in [4.69, 9.17) is 11.6 Å². The van der Waals surface area contributed by atoms with Crippen LogP contribution in [-0.4, -0.2) is 29.3 Å². The summed E-state index contributed by atoms with van der Waals surface area (Å²) in [5.74, 6) is 0.678. The highest BCUT2D eigenvalue weighted by Gasteiger charge is 2.28. The van der Waals surface area contributed by atoms with E-state index in [0.29, 0.717) is 49.2 Å². The van der Waals surface area contributed by atoms with E-state index in [2.05, 4.69) is 57.3 Å². The van der Waals surface area contributed by atoms with E-state index in [1.807, 2.05) is 31.2 Å². The molecular weight excluding hydrogens is 420 g/mol. The van der Waals surface area contributed by atoms with Crippen LogP contribution in [0.1, 0.15) is 70.1 Å². The predicted octanol–water partition coefficient (Wildman–Crippen LogP) is 5.98. The first-order valence-corrected chi connectivity index (χ1v) is 12.0. The molecule has 1 N–H and O–H groups in total. The van der Waals surface area contributed by atoms with Crippen LogP contribution in [-0.2, 0) is 22.6 Å². The largest absolute Gasteiger partial charge is 0.354 e. The van der Waals surface area contributed by atoms with Gasteiger partial charge in [0.2, 0.25) is 11.8 Å². The van der Waals surface area contributed by atoms with Crippen LogP contribution in [0.3, 0.4) is 0 Å². The molecule has 4 nitrogen and oxygen atoms in total. The third-order valence-corrected chi connectivity index (χ3v) is 6.01. The zero-order chi connectivity index (χ0) is 23.7. The molecule has 2 aromatic carbocycles. The molecule has 0 aliphatic carbocycles. The van der Waals surface area contributed by atoms with Gasteiger partial charge in [0.05, 0.1) is 0 Å². The molecular formula is C27H37ClN2O2. The Morgan fingerprint density at radius 1 is 1.00 bits per heavy atom. The summed E-state index contributed by atoms with van der Waals surface area (Å²) < 4.78 is 0. The van der Waals surface area contributed by atoms with E-state index in [1.165, 1.54) is 5.56 Å². The van der Waals surface area contributed by atoms with Gasteiger partial charge in [0.25, 0.3) is 0 Å². The van der Waals surface area contributed by atoms with Crippen molar-refractivity contribution in [3.05, 3.63) is 70.2 Å². The molecule has 0 spiro atoms. The summed E-state index contributed by atoms with van der Waals surface area (Å²) in [5.41, 5.74) is 3.25. The lowest BCUT2D eigenvalue weighted by molar-refractivity contribution is -0.141. The van der Waals surface area contributed by atoms with E-state index in [0.717, 1.165) is 11.1 Å². The lowest BCUT2D eigenvalue weighted by Gasteiger charge is -2.31. The fourth-order valence-corrected chi connectivity index (χ4v) is 3.81. The first kappa shape index (κ1) is 25.9. The molecule has 0 saturated heterocycles. The van der Waals surface area contributed by atoms with Crippen LogP contribution in [0.5, 0.6) is 0 Å². The van der Waals surface area contributed by atoms with Gasteiger partial charge >= 0.3 is 0 Å². The molecule has 0 aliphatic rings. The van der Waals surface area contributed by atoms with Crippen molar-refractivity contribution in [1.29, 1.82) is 0 Å². The molecule has 0 radical (unpaired) electrons. The van der Waals surface area contributed by atoms with Crippen LogP contribution in [0.25, 0.3) is 0 Å². The van der Waals surface area contributed by atoms with Gasteiger partial charge in [0.1, 0.15) is 6.04 Å². The maximum absolute atomic E-state index is 13.4. The fraction of sp³-hybridized carbons (Fsp3) is 0.481. The van der Waals surface area contributed by atoms with Gasteiger partial charge < -0.3 is 10.2 Å². The molecule has 2 amide bonds. The minimum absolute atomic E-state index is 0.0376. The average molecular weight is 457 g/mol. The van der Waals surface area contributed by atoms with Crippen LogP contribution in [0.4, 0.5) is 0 Å². The molecule has 0 saturated carbocycles. The lowest BCUT2D eigenvalue weighted by Crippen LogP contribution is -2.49. The number of hydrogen-bond donors (Lipinski definition) is 1. The second kappa shape index (κ2) is 12.6. The zero-order valence-corrected chi connectivity index (χ0v) is 20.8. The Hall–Kier alpha value is -2.33. The number of aryl methyl sites for hydroxylation is 1. The summed E-state index contributed by atoms with van der Waals surface area (Å²) in [7, 11) is 0. The third kappa shape index (κ3) is 7.67. The van der Waals surface area contributed by atoms with Crippen molar-refractivity contribution >= 4 is 23.4 Å². The summed E-state index contributed by atoms with van der Waals surface area (Å²) in [6.07, 6.45) is 1.53. The normalized spacial score (nSPS) is 12.1. The maximum Gasteiger partial charge on any atom is 0.242 e. The van der Waals surface area contributed by atoms with E-state index in [-0.39, 0.29) is 11.8 Å². The van der Waals surface area contributed by atoms with E-state index < -0.39 is 6.04 Å². The summed E-state index contributed by atoms with van der Waals surface area (Å²) in [5, 5.41) is 3.60. The standard InChI is InChI=1S/C27H37ClN2O2/c1-6-25(27(32)29-17-19(2)3)30(18-23-9-7-8-10-24(23)28)26(31)16-13-21-11-14-22(15-12-21)20(4)5/h7-12,14-15,19-20,25H,6,13,16-18H2,1-5H3,(H,29,32)/t25-/m1/s1. The number of hydrogen-bond acceptors (Lipinski definition) is 2. The summed E-state index contributed by atoms with van der Waals surface area (Å²) in [4.78, 5) is 28.0. The Morgan fingerprint density at radius 3 is 2.22 bits per heavy atom. The molecule has 0 unspecified atom stereocenters. The number of rotatable bonds is 11. The van der Waals surface area contributed by atoms with Gasteiger partial charge in [-0.05, 0) is 47.4 Å². The zero-order valence-electron chi connectivity index (χ0n) is 20.0. The predicted molar refractivity (Wildman–Crippen MR) is 133 cm³/mol. The fourth-order valence-electron chi connectivity index (χ4n) is 3.62. The average Bonchev–Trinajstić information content (AvgIpc) is 2.77. The second-order valence-corrected chi connectivity index (χ2v) is 9.48. The Kier molecular flexibility index (Phi) is 10.2. The summed E-state index contributed by atoms with van der Waals surface area (Å²) in [6.45, 7) is 11.3. The van der Waals surface area contributed by atoms with Crippen molar-refractivity contribution < 1.29 is 9.59 Å².